The molecular weight excluding hydrogens is 382 g/mol. The molecule has 30 heavy (non-hydrogen) atoms. The van der Waals surface area contributed by atoms with Crippen molar-refractivity contribution in [2.45, 2.75) is 6.92 Å². The highest BCUT2D eigenvalue weighted by molar-refractivity contribution is 5.98. The number of amides is 2. The Hall–Kier alpha value is -3.61. The van der Waals surface area contributed by atoms with Gasteiger partial charge in [0.25, 0.3) is 5.91 Å². The second-order valence-electron chi connectivity index (χ2n) is 6.93. The molecule has 1 saturated heterocycles. The maximum atomic E-state index is 12.5. The smallest absolute Gasteiger partial charge is 0.355 e. The lowest BCUT2D eigenvalue weighted by molar-refractivity contribution is -0.149. The highest BCUT2D eigenvalue weighted by Gasteiger charge is 2.23. The van der Waals surface area contributed by atoms with Crippen molar-refractivity contribution in [1.29, 1.82) is 0 Å². The number of nitrogens with zero attached hydrogens (tertiary/aromatic N) is 2. The van der Waals surface area contributed by atoms with Crippen LogP contribution in [0.3, 0.4) is 0 Å². The van der Waals surface area contributed by atoms with Gasteiger partial charge in [0.05, 0.1) is 0 Å². The first kappa shape index (κ1) is 21.1. The highest BCUT2D eigenvalue weighted by Crippen LogP contribution is 2.15. The number of piperazine rings is 1. The molecule has 1 N–H and O–H groups in total. The van der Waals surface area contributed by atoms with Gasteiger partial charge < -0.3 is 19.9 Å². The number of carbonyl (C=O) groups is 3. The van der Waals surface area contributed by atoms with E-state index in [4.69, 9.17) is 4.74 Å². The van der Waals surface area contributed by atoms with Crippen LogP contribution in [0.5, 0.6) is 0 Å². The monoisotopic (exact) mass is 407 g/mol. The van der Waals surface area contributed by atoms with E-state index in [1.54, 1.807) is 17.0 Å². The van der Waals surface area contributed by atoms with E-state index in [0.717, 1.165) is 24.3 Å². The summed E-state index contributed by atoms with van der Waals surface area (Å²) in [5.74, 6) is -1.39. The molecule has 2 aromatic carbocycles. The van der Waals surface area contributed by atoms with E-state index in [0.29, 0.717) is 13.1 Å². The van der Waals surface area contributed by atoms with E-state index >= 15 is 0 Å². The maximum absolute atomic E-state index is 12.5. The molecule has 1 aliphatic heterocycles. The Morgan fingerprint density at radius 2 is 1.53 bits per heavy atom. The van der Waals surface area contributed by atoms with E-state index in [-0.39, 0.29) is 18.2 Å². The van der Waals surface area contributed by atoms with Crippen molar-refractivity contribution in [2.75, 3.05) is 37.7 Å². The Morgan fingerprint density at radius 1 is 0.933 bits per heavy atom. The normalized spacial score (nSPS) is 14.2. The van der Waals surface area contributed by atoms with E-state index in [1.165, 1.54) is 13.0 Å². The fraction of sp³-hybridized carbons (Fsp3) is 0.261. The second kappa shape index (κ2) is 10.2. The Morgan fingerprint density at radius 3 is 2.13 bits per heavy atom. The molecule has 1 heterocycles. The summed E-state index contributed by atoms with van der Waals surface area (Å²) in [6.45, 7) is 3.50. The number of hydrogen-bond donors (Lipinski definition) is 1. The van der Waals surface area contributed by atoms with Gasteiger partial charge in [0.1, 0.15) is 5.70 Å². The number of benzene rings is 2. The van der Waals surface area contributed by atoms with Crippen LogP contribution in [-0.2, 0) is 19.1 Å². The topological polar surface area (TPSA) is 78.9 Å². The van der Waals surface area contributed by atoms with Gasteiger partial charge in [-0.05, 0) is 23.8 Å². The van der Waals surface area contributed by atoms with Crippen LogP contribution in [0, 0.1) is 0 Å². The molecule has 0 bridgehead atoms. The first-order valence-electron chi connectivity index (χ1n) is 9.82. The number of esters is 1. The summed E-state index contributed by atoms with van der Waals surface area (Å²) in [7, 11) is 0. The molecule has 7 nitrogen and oxygen atoms in total. The van der Waals surface area contributed by atoms with Gasteiger partial charge in [-0.3, -0.25) is 9.59 Å². The Kier molecular flexibility index (Phi) is 7.21. The van der Waals surface area contributed by atoms with Crippen molar-refractivity contribution in [1.82, 2.24) is 10.2 Å². The fourth-order valence-corrected chi connectivity index (χ4v) is 3.20. The van der Waals surface area contributed by atoms with E-state index < -0.39 is 11.9 Å². The molecule has 7 heteroatoms. The molecule has 0 aliphatic carbocycles. The van der Waals surface area contributed by atoms with Crippen LogP contribution in [0.4, 0.5) is 5.69 Å². The average Bonchev–Trinajstić information content (AvgIpc) is 2.78. The van der Waals surface area contributed by atoms with Crippen molar-refractivity contribution >= 4 is 29.5 Å². The fourth-order valence-electron chi connectivity index (χ4n) is 3.20. The van der Waals surface area contributed by atoms with Crippen LogP contribution in [0.2, 0.25) is 0 Å². The summed E-state index contributed by atoms with van der Waals surface area (Å²) in [5.41, 5.74) is 1.86. The van der Waals surface area contributed by atoms with Gasteiger partial charge in [-0.2, -0.15) is 0 Å². The molecule has 1 aliphatic rings. The van der Waals surface area contributed by atoms with Crippen molar-refractivity contribution in [3.63, 3.8) is 0 Å². The van der Waals surface area contributed by atoms with Gasteiger partial charge >= 0.3 is 5.97 Å². The van der Waals surface area contributed by atoms with Crippen LogP contribution in [0.25, 0.3) is 6.08 Å². The molecule has 2 amide bonds. The van der Waals surface area contributed by atoms with Crippen LogP contribution in [-0.4, -0.2) is 55.5 Å². The third kappa shape index (κ3) is 5.94. The van der Waals surface area contributed by atoms with Crippen LogP contribution >= 0.6 is 0 Å². The molecular formula is C23H25N3O4. The number of hydrogen-bond acceptors (Lipinski definition) is 5. The summed E-state index contributed by atoms with van der Waals surface area (Å²) in [5, 5.41) is 2.47. The second-order valence-corrected chi connectivity index (χ2v) is 6.93. The minimum Gasteiger partial charge on any atom is -0.451 e. The van der Waals surface area contributed by atoms with Crippen LogP contribution in [0.1, 0.15) is 12.5 Å². The lowest BCUT2D eigenvalue weighted by atomic mass is 10.2. The van der Waals surface area contributed by atoms with Crippen molar-refractivity contribution < 1.29 is 19.1 Å². The van der Waals surface area contributed by atoms with Gasteiger partial charge in [0.2, 0.25) is 5.91 Å². The van der Waals surface area contributed by atoms with Crippen molar-refractivity contribution in [3.8, 4) is 0 Å². The third-order valence-electron chi connectivity index (χ3n) is 4.72. The lowest BCUT2D eigenvalue weighted by Gasteiger charge is -2.36. The van der Waals surface area contributed by atoms with Gasteiger partial charge in [0, 0.05) is 38.8 Å². The molecule has 0 spiro atoms. The molecule has 156 valence electrons. The van der Waals surface area contributed by atoms with Gasteiger partial charge in [0.15, 0.2) is 6.61 Å². The van der Waals surface area contributed by atoms with E-state index in [2.05, 4.69) is 10.2 Å². The Labute approximate surface area is 175 Å². The quantitative estimate of drug-likeness (QED) is 0.586. The average molecular weight is 407 g/mol. The first-order chi connectivity index (χ1) is 14.5. The molecule has 0 aromatic heterocycles. The summed E-state index contributed by atoms with van der Waals surface area (Å²) < 4.78 is 5.18. The SMILES string of the molecule is CC(=O)N/C(=C\c1ccccc1)C(=O)OCC(=O)N1CCN(c2ccccc2)CC1. The first-order valence-corrected chi connectivity index (χ1v) is 9.82. The standard InChI is InChI=1S/C23H25N3O4/c1-18(27)24-21(16-19-8-4-2-5-9-19)23(29)30-17-22(28)26-14-12-25(13-15-26)20-10-6-3-7-11-20/h2-11,16H,12-15,17H2,1H3,(H,24,27)/b21-16-. The zero-order valence-electron chi connectivity index (χ0n) is 16.9. The predicted molar refractivity (Wildman–Crippen MR) is 114 cm³/mol. The summed E-state index contributed by atoms with van der Waals surface area (Å²) >= 11 is 0. The summed E-state index contributed by atoms with van der Waals surface area (Å²) in [6, 6.07) is 19.1. The molecule has 0 atom stereocenters. The molecule has 1 fully saturated rings. The minimum atomic E-state index is -0.745. The van der Waals surface area contributed by atoms with Crippen LogP contribution in [0.15, 0.2) is 66.4 Å². The van der Waals surface area contributed by atoms with Gasteiger partial charge in [-0.15, -0.1) is 0 Å². The molecule has 0 unspecified atom stereocenters. The number of para-hydroxylation sites is 1. The van der Waals surface area contributed by atoms with Crippen LogP contribution < -0.4 is 10.2 Å². The van der Waals surface area contributed by atoms with Gasteiger partial charge in [-0.1, -0.05) is 48.5 Å². The number of rotatable bonds is 6. The largest absolute Gasteiger partial charge is 0.451 e. The number of carbonyl (C=O) groups excluding carboxylic acids is 3. The molecule has 2 aromatic rings. The van der Waals surface area contributed by atoms with Gasteiger partial charge in [-0.25, -0.2) is 4.79 Å². The molecule has 3 rings (SSSR count). The molecule has 0 radical (unpaired) electrons. The Bertz CT molecular complexity index is 905. The minimum absolute atomic E-state index is 0.00426. The van der Waals surface area contributed by atoms with E-state index in [9.17, 15) is 14.4 Å². The van der Waals surface area contributed by atoms with Crippen molar-refractivity contribution in [2.24, 2.45) is 0 Å². The third-order valence-corrected chi connectivity index (χ3v) is 4.72. The maximum Gasteiger partial charge on any atom is 0.355 e. The lowest BCUT2D eigenvalue weighted by Crippen LogP contribution is -2.50. The summed E-state index contributed by atoms with van der Waals surface area (Å²) in [4.78, 5) is 40.2. The Balaban J connectivity index is 1.53. The summed E-state index contributed by atoms with van der Waals surface area (Å²) in [6.07, 6.45) is 1.52. The number of nitrogens with one attached hydrogen (secondary N) is 1. The molecule has 0 saturated carbocycles. The van der Waals surface area contributed by atoms with E-state index in [1.807, 2.05) is 48.5 Å². The zero-order chi connectivity index (χ0) is 21.3. The number of anilines is 1. The van der Waals surface area contributed by atoms with Crippen molar-refractivity contribution in [3.05, 3.63) is 71.9 Å². The number of ether oxygens (including phenoxy) is 1. The predicted octanol–water partition coefficient (Wildman–Crippen LogP) is 2.06. The highest BCUT2D eigenvalue weighted by atomic mass is 16.5. The zero-order valence-corrected chi connectivity index (χ0v) is 16.9.